The number of likely N-dealkylation sites (N-methyl/N-ethyl adjacent to an activating group) is 1. The average Bonchev–Trinajstić information content (AvgIpc) is 2.78. The first-order chi connectivity index (χ1) is 10.6. The summed E-state index contributed by atoms with van der Waals surface area (Å²) in [6.07, 6.45) is 1.27. The molecule has 4 nitrogen and oxygen atoms in total. The number of hydrogen-bond acceptors (Lipinski definition) is 3. The van der Waals surface area contributed by atoms with Gasteiger partial charge in [-0.2, -0.15) is 0 Å². The molecule has 1 aliphatic rings. The number of halogens is 1. The Morgan fingerprint density at radius 1 is 1.41 bits per heavy atom. The summed E-state index contributed by atoms with van der Waals surface area (Å²) in [6.45, 7) is 4.59. The Morgan fingerprint density at radius 2 is 2.23 bits per heavy atom. The fourth-order valence-corrected chi connectivity index (χ4v) is 3.25. The second-order valence-corrected chi connectivity index (χ2v) is 5.78. The van der Waals surface area contributed by atoms with Crippen LogP contribution >= 0.6 is 0 Å². The number of ether oxygens (including phenoxy) is 1. The molecule has 0 radical (unpaired) electrons. The fraction of sp³-hybridized carbons (Fsp3) is 0.471. The van der Waals surface area contributed by atoms with Crippen LogP contribution in [0.25, 0.3) is 10.9 Å². The van der Waals surface area contributed by atoms with Gasteiger partial charge in [0.05, 0.1) is 13.0 Å². The van der Waals surface area contributed by atoms with Gasteiger partial charge < -0.3 is 14.2 Å². The van der Waals surface area contributed by atoms with Crippen molar-refractivity contribution in [1.82, 2.24) is 9.47 Å². The zero-order valence-electron chi connectivity index (χ0n) is 13.1. The van der Waals surface area contributed by atoms with E-state index in [-0.39, 0.29) is 11.8 Å². The molecule has 2 heterocycles. The highest BCUT2D eigenvalue weighted by Gasteiger charge is 2.22. The number of carbonyl (C=O) groups is 1. The van der Waals surface area contributed by atoms with Gasteiger partial charge in [0.25, 0.3) is 0 Å². The van der Waals surface area contributed by atoms with E-state index < -0.39 is 0 Å². The lowest BCUT2D eigenvalue weighted by atomic mass is 10.0. The first kappa shape index (κ1) is 15.0. The van der Waals surface area contributed by atoms with E-state index in [1.165, 1.54) is 17.3 Å². The zero-order valence-corrected chi connectivity index (χ0v) is 13.1. The third-order valence-electron chi connectivity index (χ3n) is 4.25. The van der Waals surface area contributed by atoms with Gasteiger partial charge in [0.2, 0.25) is 0 Å². The van der Waals surface area contributed by atoms with Gasteiger partial charge in [-0.1, -0.05) is 0 Å². The molecule has 1 aromatic carbocycles. The molecule has 0 N–H and O–H groups in total. The highest BCUT2D eigenvalue weighted by atomic mass is 19.1. The molecular formula is C17H21FN2O2. The molecule has 2 aromatic rings. The Bertz CT molecular complexity index is 708. The largest absolute Gasteiger partial charge is 0.466 e. The highest BCUT2D eigenvalue weighted by Crippen LogP contribution is 2.31. The summed E-state index contributed by atoms with van der Waals surface area (Å²) < 4.78 is 20.8. The number of aryl methyl sites for hydroxylation is 1. The summed E-state index contributed by atoms with van der Waals surface area (Å²) in [4.78, 5) is 13.9. The van der Waals surface area contributed by atoms with Crippen LogP contribution in [0.4, 0.5) is 4.39 Å². The molecular weight excluding hydrogens is 283 g/mol. The number of nitrogens with zero attached hydrogens (tertiary/aromatic N) is 2. The standard InChI is InChI=1S/C17H21FN2O2/c1-3-22-17(21)7-9-20-15-5-4-12(18)10-13(15)14-11-19(2)8-6-16(14)20/h4-5,10H,3,6-9,11H2,1-2H3. The quantitative estimate of drug-likeness (QED) is 0.815. The van der Waals surface area contributed by atoms with Crippen LogP contribution < -0.4 is 0 Å². The zero-order chi connectivity index (χ0) is 15.7. The Balaban J connectivity index is 2.00. The van der Waals surface area contributed by atoms with E-state index in [2.05, 4.69) is 16.5 Å². The van der Waals surface area contributed by atoms with Crippen molar-refractivity contribution in [3.05, 3.63) is 35.3 Å². The SMILES string of the molecule is CCOC(=O)CCn1c2c(c3cc(F)ccc31)CN(C)CC2. The lowest BCUT2D eigenvalue weighted by Gasteiger charge is -2.24. The van der Waals surface area contributed by atoms with Crippen molar-refractivity contribution in [2.24, 2.45) is 0 Å². The number of rotatable bonds is 4. The molecule has 0 unspecified atom stereocenters. The first-order valence-electron chi connectivity index (χ1n) is 7.73. The van der Waals surface area contributed by atoms with E-state index in [1.807, 2.05) is 13.0 Å². The molecule has 0 aliphatic carbocycles. The van der Waals surface area contributed by atoms with Gasteiger partial charge in [-0.15, -0.1) is 0 Å². The van der Waals surface area contributed by atoms with Crippen molar-refractivity contribution in [2.75, 3.05) is 20.2 Å². The van der Waals surface area contributed by atoms with Gasteiger partial charge in [-0.3, -0.25) is 4.79 Å². The Kier molecular flexibility index (Phi) is 4.16. The monoisotopic (exact) mass is 304 g/mol. The number of fused-ring (bicyclic) bond motifs is 3. The summed E-state index contributed by atoms with van der Waals surface area (Å²) in [7, 11) is 2.07. The van der Waals surface area contributed by atoms with Gasteiger partial charge in [0.1, 0.15) is 5.82 Å². The summed E-state index contributed by atoms with van der Waals surface area (Å²) >= 11 is 0. The number of esters is 1. The number of hydrogen-bond donors (Lipinski definition) is 0. The van der Waals surface area contributed by atoms with Crippen molar-refractivity contribution in [1.29, 1.82) is 0 Å². The van der Waals surface area contributed by atoms with Crippen LogP contribution in [0, 0.1) is 5.82 Å². The molecule has 0 atom stereocenters. The van der Waals surface area contributed by atoms with E-state index in [1.54, 1.807) is 6.07 Å². The third-order valence-corrected chi connectivity index (χ3v) is 4.25. The number of benzene rings is 1. The molecule has 22 heavy (non-hydrogen) atoms. The Hall–Kier alpha value is -1.88. The van der Waals surface area contributed by atoms with Crippen LogP contribution in [-0.2, 0) is 29.0 Å². The van der Waals surface area contributed by atoms with Crippen LogP contribution in [0.2, 0.25) is 0 Å². The normalized spacial score (nSPS) is 15.0. The van der Waals surface area contributed by atoms with E-state index in [9.17, 15) is 9.18 Å². The lowest BCUT2D eigenvalue weighted by Crippen LogP contribution is -2.27. The van der Waals surface area contributed by atoms with Gasteiger partial charge in [0.15, 0.2) is 0 Å². The van der Waals surface area contributed by atoms with E-state index >= 15 is 0 Å². The Labute approximate surface area is 129 Å². The van der Waals surface area contributed by atoms with Gasteiger partial charge in [-0.25, -0.2) is 4.39 Å². The van der Waals surface area contributed by atoms with Crippen LogP contribution in [-0.4, -0.2) is 35.6 Å². The lowest BCUT2D eigenvalue weighted by molar-refractivity contribution is -0.143. The van der Waals surface area contributed by atoms with E-state index in [0.29, 0.717) is 19.6 Å². The highest BCUT2D eigenvalue weighted by molar-refractivity contribution is 5.86. The first-order valence-corrected chi connectivity index (χ1v) is 7.73. The van der Waals surface area contributed by atoms with E-state index in [0.717, 1.165) is 30.4 Å². The molecule has 0 saturated heterocycles. The predicted molar refractivity (Wildman–Crippen MR) is 83.2 cm³/mol. The van der Waals surface area contributed by atoms with Crippen LogP contribution in [0.15, 0.2) is 18.2 Å². The van der Waals surface area contributed by atoms with Crippen molar-refractivity contribution in [3.8, 4) is 0 Å². The second kappa shape index (κ2) is 6.08. The van der Waals surface area contributed by atoms with Gasteiger partial charge >= 0.3 is 5.97 Å². The minimum atomic E-state index is -0.217. The third kappa shape index (κ3) is 2.73. The minimum absolute atomic E-state index is 0.187. The molecule has 0 bridgehead atoms. The predicted octanol–water partition coefficient (Wildman–Crippen LogP) is 2.72. The Morgan fingerprint density at radius 3 is 3.00 bits per heavy atom. The maximum atomic E-state index is 13.6. The van der Waals surface area contributed by atoms with Crippen LogP contribution in [0.3, 0.4) is 0 Å². The molecule has 0 spiro atoms. The van der Waals surface area contributed by atoms with Crippen LogP contribution in [0.1, 0.15) is 24.6 Å². The van der Waals surface area contributed by atoms with Crippen molar-refractivity contribution in [3.63, 3.8) is 0 Å². The fourth-order valence-electron chi connectivity index (χ4n) is 3.25. The van der Waals surface area contributed by atoms with Gasteiger partial charge in [-0.05, 0) is 37.7 Å². The second-order valence-electron chi connectivity index (χ2n) is 5.78. The molecule has 1 aliphatic heterocycles. The molecule has 1 aromatic heterocycles. The maximum Gasteiger partial charge on any atom is 0.307 e. The number of aromatic nitrogens is 1. The molecule has 118 valence electrons. The molecule has 3 rings (SSSR count). The molecule has 5 heteroatoms. The summed E-state index contributed by atoms with van der Waals surface area (Å²) in [6, 6.07) is 4.90. The van der Waals surface area contributed by atoms with E-state index in [4.69, 9.17) is 4.74 Å². The average molecular weight is 304 g/mol. The summed E-state index contributed by atoms with van der Waals surface area (Å²) in [5.41, 5.74) is 3.42. The van der Waals surface area contributed by atoms with Crippen LogP contribution in [0.5, 0.6) is 0 Å². The summed E-state index contributed by atoms with van der Waals surface area (Å²) in [5, 5.41) is 0.963. The topological polar surface area (TPSA) is 34.5 Å². The minimum Gasteiger partial charge on any atom is -0.466 e. The van der Waals surface area contributed by atoms with Crippen molar-refractivity contribution >= 4 is 16.9 Å². The molecule has 0 amide bonds. The van der Waals surface area contributed by atoms with Crippen molar-refractivity contribution in [2.45, 2.75) is 32.9 Å². The molecule has 0 saturated carbocycles. The molecule has 0 fully saturated rings. The summed E-state index contributed by atoms with van der Waals surface area (Å²) in [5.74, 6) is -0.404. The smallest absolute Gasteiger partial charge is 0.307 e. The van der Waals surface area contributed by atoms with Gasteiger partial charge in [0, 0.05) is 42.7 Å². The number of carbonyl (C=O) groups excluding carboxylic acids is 1. The maximum absolute atomic E-state index is 13.6. The van der Waals surface area contributed by atoms with Crippen molar-refractivity contribution < 1.29 is 13.9 Å².